The van der Waals surface area contributed by atoms with Crippen molar-refractivity contribution in [2.45, 2.75) is 11.7 Å². The van der Waals surface area contributed by atoms with Gasteiger partial charge in [-0.05, 0) is 24.3 Å². The highest BCUT2D eigenvalue weighted by Gasteiger charge is 2.20. The molecule has 148 valence electrons. The Morgan fingerprint density at radius 3 is 2.63 bits per heavy atom. The molecule has 1 N–H and O–H groups in total. The molecule has 8 nitrogen and oxygen atoms in total. The lowest BCUT2D eigenvalue weighted by atomic mass is 10.1. The first-order valence-electron chi connectivity index (χ1n) is 9.31. The van der Waals surface area contributed by atoms with Crippen molar-refractivity contribution in [3.05, 3.63) is 82.9 Å². The third-order valence-electron chi connectivity index (χ3n) is 4.79. The Kier molecular flexibility index (Phi) is 4.64. The Bertz CT molecular complexity index is 1280. The van der Waals surface area contributed by atoms with Gasteiger partial charge in [-0.2, -0.15) is 0 Å². The fourth-order valence-electron chi connectivity index (χ4n) is 3.29. The maximum absolute atomic E-state index is 12.6. The van der Waals surface area contributed by atoms with E-state index in [2.05, 4.69) is 20.6 Å². The second-order valence-corrected chi connectivity index (χ2v) is 7.72. The van der Waals surface area contributed by atoms with Crippen LogP contribution >= 0.6 is 11.8 Å². The van der Waals surface area contributed by atoms with E-state index in [0.717, 1.165) is 22.7 Å². The van der Waals surface area contributed by atoms with Crippen molar-refractivity contribution >= 4 is 23.4 Å². The molecule has 3 heterocycles. The Morgan fingerprint density at radius 1 is 1.03 bits per heavy atom. The Labute approximate surface area is 175 Å². The topological polar surface area (TPSA) is 94.7 Å². The summed E-state index contributed by atoms with van der Waals surface area (Å²) in [6.45, 7) is 0.573. The van der Waals surface area contributed by atoms with Gasteiger partial charge in [0.2, 0.25) is 0 Å². The van der Waals surface area contributed by atoms with Gasteiger partial charge in [-0.15, -0.1) is 5.10 Å². The number of amides is 1. The number of fused-ring (bicyclic) bond motifs is 1. The van der Waals surface area contributed by atoms with E-state index in [9.17, 15) is 9.59 Å². The number of carbonyl (C=O) groups excluding carboxylic acids is 1. The summed E-state index contributed by atoms with van der Waals surface area (Å²) in [4.78, 5) is 29.3. The zero-order valence-electron chi connectivity index (χ0n) is 15.7. The summed E-state index contributed by atoms with van der Waals surface area (Å²) in [7, 11) is 0. The molecule has 4 aromatic rings. The summed E-state index contributed by atoms with van der Waals surface area (Å²) in [5.74, 6) is 0.320. The van der Waals surface area contributed by atoms with Crippen molar-refractivity contribution in [1.82, 2.24) is 24.5 Å². The number of benzene rings is 2. The number of thioether (sulfide) groups is 1. The first-order chi connectivity index (χ1) is 14.7. The molecule has 0 unspecified atom stereocenters. The van der Waals surface area contributed by atoms with Gasteiger partial charge in [-0.3, -0.25) is 14.2 Å². The molecule has 2 aromatic carbocycles. The fraction of sp³-hybridized carbons (Fsp3) is 0.0952. The number of anilines is 1. The van der Waals surface area contributed by atoms with Crippen molar-refractivity contribution < 1.29 is 4.79 Å². The lowest BCUT2D eigenvalue weighted by Gasteiger charge is -2.09. The van der Waals surface area contributed by atoms with Crippen molar-refractivity contribution in [2.75, 3.05) is 11.1 Å². The summed E-state index contributed by atoms with van der Waals surface area (Å²) in [6, 6.07) is 17.0. The zero-order chi connectivity index (χ0) is 20.5. The normalized spacial score (nSPS) is 12.5. The van der Waals surface area contributed by atoms with E-state index < -0.39 is 5.91 Å². The van der Waals surface area contributed by atoms with Crippen LogP contribution in [-0.4, -0.2) is 36.2 Å². The van der Waals surface area contributed by atoms with Gasteiger partial charge in [0.05, 0.1) is 17.6 Å². The number of rotatable bonds is 4. The lowest BCUT2D eigenvalue weighted by molar-refractivity contribution is 0.102. The van der Waals surface area contributed by atoms with Crippen LogP contribution in [0.1, 0.15) is 10.4 Å². The molecule has 0 spiro atoms. The van der Waals surface area contributed by atoms with Crippen molar-refractivity contribution in [3.63, 3.8) is 0 Å². The minimum Gasteiger partial charge on any atom is -0.322 e. The number of nitrogens with one attached hydrogen (secondary N) is 1. The van der Waals surface area contributed by atoms with E-state index in [1.165, 1.54) is 18.0 Å². The molecule has 0 saturated carbocycles. The van der Waals surface area contributed by atoms with Gasteiger partial charge in [0.25, 0.3) is 11.5 Å². The van der Waals surface area contributed by atoms with Crippen LogP contribution in [0.2, 0.25) is 0 Å². The van der Waals surface area contributed by atoms with Crippen molar-refractivity contribution in [2.24, 2.45) is 0 Å². The molecular formula is C21H16N6O2S. The molecular weight excluding hydrogens is 400 g/mol. The first kappa shape index (κ1) is 18.3. The van der Waals surface area contributed by atoms with Gasteiger partial charge in [0.1, 0.15) is 5.56 Å². The van der Waals surface area contributed by atoms with Gasteiger partial charge in [-0.25, -0.2) is 9.67 Å². The molecule has 0 aliphatic carbocycles. The minimum atomic E-state index is -0.474. The minimum absolute atomic E-state index is 0.0352. The third kappa shape index (κ3) is 3.29. The number of carbonyl (C=O) groups is 1. The zero-order valence-corrected chi connectivity index (χ0v) is 16.5. The molecule has 30 heavy (non-hydrogen) atoms. The van der Waals surface area contributed by atoms with E-state index in [1.807, 2.05) is 42.5 Å². The number of nitrogens with zero attached hydrogens (tertiary/aromatic N) is 5. The molecule has 0 fully saturated rings. The number of hydrogen-bond donors (Lipinski definition) is 1. The van der Waals surface area contributed by atoms with Crippen LogP contribution in [0.25, 0.3) is 16.9 Å². The molecule has 1 aliphatic rings. The Hall–Kier alpha value is -3.72. The van der Waals surface area contributed by atoms with Crippen LogP contribution in [-0.2, 0) is 6.54 Å². The van der Waals surface area contributed by atoms with Gasteiger partial charge in [-0.1, -0.05) is 47.3 Å². The summed E-state index contributed by atoms with van der Waals surface area (Å²) >= 11 is 1.51. The average molecular weight is 416 g/mol. The molecule has 0 radical (unpaired) electrons. The van der Waals surface area contributed by atoms with E-state index in [4.69, 9.17) is 0 Å². The third-order valence-corrected chi connectivity index (χ3v) is 5.76. The molecule has 0 saturated heterocycles. The van der Waals surface area contributed by atoms with Crippen molar-refractivity contribution in [1.29, 1.82) is 0 Å². The molecule has 0 bridgehead atoms. The maximum Gasteiger partial charge on any atom is 0.267 e. The van der Waals surface area contributed by atoms with Gasteiger partial charge >= 0.3 is 0 Å². The average Bonchev–Trinajstić information content (AvgIpc) is 3.45. The highest BCUT2D eigenvalue weighted by Crippen LogP contribution is 2.23. The van der Waals surface area contributed by atoms with Crippen LogP contribution in [0.3, 0.4) is 0 Å². The summed E-state index contributed by atoms with van der Waals surface area (Å²) in [5.41, 5.74) is 2.97. The van der Waals surface area contributed by atoms with E-state index in [1.54, 1.807) is 27.6 Å². The second kappa shape index (κ2) is 7.60. The lowest BCUT2D eigenvalue weighted by Crippen LogP contribution is -2.29. The van der Waals surface area contributed by atoms with E-state index >= 15 is 0 Å². The summed E-state index contributed by atoms with van der Waals surface area (Å²) in [5, 5.41) is 11.6. The molecule has 0 atom stereocenters. The van der Waals surface area contributed by atoms with Crippen LogP contribution in [0, 0.1) is 0 Å². The van der Waals surface area contributed by atoms with Gasteiger partial charge in [0.15, 0.2) is 5.16 Å². The SMILES string of the molecule is O=C(Nc1ccc(-n2nncc2-c2ccccc2)cc1)c1cnc2n(c1=O)CCS2. The predicted octanol–water partition coefficient (Wildman–Crippen LogP) is 2.85. The van der Waals surface area contributed by atoms with Crippen LogP contribution < -0.4 is 10.9 Å². The predicted molar refractivity (Wildman–Crippen MR) is 114 cm³/mol. The number of hydrogen-bond acceptors (Lipinski definition) is 6. The summed E-state index contributed by atoms with van der Waals surface area (Å²) in [6.07, 6.45) is 3.05. The van der Waals surface area contributed by atoms with Gasteiger partial charge < -0.3 is 5.32 Å². The Balaban J connectivity index is 1.38. The molecule has 9 heteroatoms. The standard InChI is InChI=1S/C21H16N6O2S/c28-19(17-12-22-21-26(20(17)29)10-11-30-21)24-15-6-8-16(9-7-15)27-18(13-23-25-27)14-4-2-1-3-5-14/h1-9,12-13H,10-11H2,(H,24,28). The molecule has 2 aromatic heterocycles. The number of aromatic nitrogens is 5. The van der Waals surface area contributed by atoms with Crippen LogP contribution in [0.4, 0.5) is 5.69 Å². The highest BCUT2D eigenvalue weighted by atomic mass is 32.2. The van der Waals surface area contributed by atoms with Crippen molar-refractivity contribution in [3.8, 4) is 16.9 Å². The maximum atomic E-state index is 12.6. The molecule has 1 aliphatic heterocycles. The largest absolute Gasteiger partial charge is 0.322 e. The molecule has 5 rings (SSSR count). The highest BCUT2D eigenvalue weighted by molar-refractivity contribution is 7.99. The first-order valence-corrected chi connectivity index (χ1v) is 10.3. The van der Waals surface area contributed by atoms with E-state index in [0.29, 0.717) is 17.4 Å². The molecule has 1 amide bonds. The van der Waals surface area contributed by atoms with E-state index in [-0.39, 0.29) is 11.1 Å². The second-order valence-electron chi connectivity index (χ2n) is 6.66. The monoisotopic (exact) mass is 416 g/mol. The summed E-state index contributed by atoms with van der Waals surface area (Å²) < 4.78 is 3.27. The van der Waals surface area contributed by atoms with Crippen LogP contribution in [0.15, 0.2) is 76.9 Å². The smallest absolute Gasteiger partial charge is 0.267 e. The quantitative estimate of drug-likeness (QED) is 0.514. The Morgan fingerprint density at radius 2 is 1.83 bits per heavy atom. The van der Waals surface area contributed by atoms with Gasteiger partial charge in [0, 0.05) is 29.7 Å². The van der Waals surface area contributed by atoms with Crippen LogP contribution in [0.5, 0.6) is 0 Å². The fourth-order valence-corrected chi connectivity index (χ4v) is 4.20.